The standard InChI is InChI=1S/C24H32N2O3/c1-6-25-24(28)19(5)26(15-20-9-7-8-18(4)14-20)23(27)16-29-22-12-10-21(11-13-22)17(2)3/h7-14,17,19H,6,15-16H2,1-5H3,(H,25,28)/t19-/m0/s1. The number of hydrogen-bond acceptors (Lipinski definition) is 3. The first kappa shape index (κ1) is 22.5. The largest absolute Gasteiger partial charge is 0.484 e. The van der Waals surface area contributed by atoms with Crippen LogP contribution in [-0.4, -0.2) is 35.9 Å². The summed E-state index contributed by atoms with van der Waals surface area (Å²) in [6, 6.07) is 15.1. The lowest BCUT2D eigenvalue weighted by atomic mass is 10.0. The molecule has 0 radical (unpaired) electrons. The normalized spacial score (nSPS) is 11.8. The molecule has 0 heterocycles. The van der Waals surface area contributed by atoms with Gasteiger partial charge in [-0.15, -0.1) is 0 Å². The minimum atomic E-state index is -0.588. The molecular formula is C24H32N2O3. The molecule has 1 atom stereocenters. The number of amides is 2. The summed E-state index contributed by atoms with van der Waals surface area (Å²) in [4.78, 5) is 26.9. The van der Waals surface area contributed by atoms with E-state index in [2.05, 4.69) is 19.2 Å². The van der Waals surface area contributed by atoms with Crippen molar-refractivity contribution in [2.24, 2.45) is 0 Å². The molecule has 5 heteroatoms. The Hall–Kier alpha value is -2.82. The van der Waals surface area contributed by atoms with Crippen LogP contribution < -0.4 is 10.1 Å². The molecule has 0 unspecified atom stereocenters. The Kier molecular flexibility index (Phi) is 8.25. The maximum atomic E-state index is 13.0. The molecule has 0 aliphatic rings. The molecule has 0 aliphatic heterocycles. The van der Waals surface area contributed by atoms with Gasteiger partial charge in [0.2, 0.25) is 5.91 Å². The summed E-state index contributed by atoms with van der Waals surface area (Å²) in [5, 5.41) is 2.79. The van der Waals surface area contributed by atoms with Crippen LogP contribution in [0.15, 0.2) is 48.5 Å². The summed E-state index contributed by atoms with van der Waals surface area (Å²) in [5.41, 5.74) is 3.31. The van der Waals surface area contributed by atoms with Crippen LogP contribution in [0.1, 0.15) is 50.3 Å². The number of carbonyl (C=O) groups is 2. The van der Waals surface area contributed by atoms with Crippen molar-refractivity contribution in [2.45, 2.75) is 53.1 Å². The molecule has 2 aromatic rings. The van der Waals surface area contributed by atoms with Crippen LogP contribution in [-0.2, 0) is 16.1 Å². The van der Waals surface area contributed by atoms with E-state index >= 15 is 0 Å². The van der Waals surface area contributed by atoms with Crippen molar-refractivity contribution in [2.75, 3.05) is 13.2 Å². The predicted octanol–water partition coefficient (Wildman–Crippen LogP) is 4.05. The van der Waals surface area contributed by atoms with E-state index in [-0.39, 0.29) is 18.4 Å². The molecule has 2 aromatic carbocycles. The molecule has 0 saturated heterocycles. The summed E-state index contributed by atoms with van der Waals surface area (Å²) in [5.74, 6) is 0.685. The fourth-order valence-corrected chi connectivity index (χ4v) is 3.09. The summed E-state index contributed by atoms with van der Waals surface area (Å²) in [6.07, 6.45) is 0. The zero-order valence-electron chi connectivity index (χ0n) is 18.1. The molecule has 29 heavy (non-hydrogen) atoms. The number of aryl methyl sites for hydroxylation is 1. The predicted molar refractivity (Wildman–Crippen MR) is 116 cm³/mol. The topological polar surface area (TPSA) is 58.6 Å². The van der Waals surface area contributed by atoms with Crippen molar-refractivity contribution in [1.29, 1.82) is 0 Å². The lowest BCUT2D eigenvalue weighted by Crippen LogP contribution is -2.49. The van der Waals surface area contributed by atoms with Gasteiger partial charge in [0.1, 0.15) is 11.8 Å². The first-order valence-electron chi connectivity index (χ1n) is 10.2. The van der Waals surface area contributed by atoms with Crippen molar-refractivity contribution in [3.63, 3.8) is 0 Å². The molecule has 0 aromatic heterocycles. The third-order valence-corrected chi connectivity index (χ3v) is 4.86. The summed E-state index contributed by atoms with van der Waals surface area (Å²) < 4.78 is 5.71. The second-order valence-corrected chi connectivity index (χ2v) is 7.59. The second kappa shape index (κ2) is 10.6. The molecule has 156 valence electrons. The van der Waals surface area contributed by atoms with Crippen LogP contribution in [0.25, 0.3) is 0 Å². The third kappa shape index (κ3) is 6.63. The number of rotatable bonds is 9. The average molecular weight is 397 g/mol. The first-order chi connectivity index (χ1) is 13.8. The van der Waals surface area contributed by atoms with Gasteiger partial charge in [-0.25, -0.2) is 0 Å². The molecule has 2 amide bonds. The van der Waals surface area contributed by atoms with Gasteiger partial charge in [-0.3, -0.25) is 9.59 Å². The highest BCUT2D eigenvalue weighted by Crippen LogP contribution is 2.19. The van der Waals surface area contributed by atoms with E-state index in [1.54, 1.807) is 11.8 Å². The van der Waals surface area contributed by atoms with Gasteiger partial charge >= 0.3 is 0 Å². The van der Waals surface area contributed by atoms with Crippen LogP contribution in [0.2, 0.25) is 0 Å². The molecule has 2 rings (SSSR count). The van der Waals surface area contributed by atoms with Gasteiger partial charge in [0.25, 0.3) is 5.91 Å². The van der Waals surface area contributed by atoms with Gasteiger partial charge in [-0.2, -0.15) is 0 Å². The number of carbonyl (C=O) groups excluding carboxylic acids is 2. The lowest BCUT2D eigenvalue weighted by Gasteiger charge is -2.28. The summed E-state index contributed by atoms with van der Waals surface area (Å²) in [6.45, 7) is 10.6. The van der Waals surface area contributed by atoms with E-state index < -0.39 is 6.04 Å². The highest BCUT2D eigenvalue weighted by molar-refractivity contribution is 5.87. The van der Waals surface area contributed by atoms with Gasteiger partial charge in [0.05, 0.1) is 0 Å². The number of benzene rings is 2. The van der Waals surface area contributed by atoms with Gasteiger partial charge in [0.15, 0.2) is 6.61 Å². The van der Waals surface area contributed by atoms with E-state index in [0.717, 1.165) is 11.1 Å². The minimum absolute atomic E-state index is 0.114. The molecular weight excluding hydrogens is 364 g/mol. The van der Waals surface area contributed by atoms with Crippen molar-refractivity contribution in [3.05, 3.63) is 65.2 Å². The van der Waals surface area contributed by atoms with E-state index in [9.17, 15) is 9.59 Å². The Bertz CT molecular complexity index is 815. The zero-order chi connectivity index (χ0) is 21.4. The Morgan fingerprint density at radius 3 is 2.34 bits per heavy atom. The molecule has 0 aliphatic carbocycles. The number of ether oxygens (including phenoxy) is 1. The number of nitrogens with one attached hydrogen (secondary N) is 1. The van der Waals surface area contributed by atoms with E-state index in [1.165, 1.54) is 5.56 Å². The van der Waals surface area contributed by atoms with Crippen LogP contribution in [0.3, 0.4) is 0 Å². The molecule has 0 fully saturated rings. The van der Waals surface area contributed by atoms with Gasteiger partial charge in [-0.05, 0) is 49.9 Å². The fraction of sp³-hybridized carbons (Fsp3) is 0.417. The van der Waals surface area contributed by atoms with Crippen molar-refractivity contribution in [3.8, 4) is 5.75 Å². The first-order valence-corrected chi connectivity index (χ1v) is 10.2. The van der Waals surface area contributed by atoms with E-state index in [1.807, 2.05) is 62.4 Å². The van der Waals surface area contributed by atoms with Crippen molar-refractivity contribution in [1.82, 2.24) is 10.2 Å². The van der Waals surface area contributed by atoms with Crippen molar-refractivity contribution >= 4 is 11.8 Å². The Labute approximate surface area is 174 Å². The average Bonchev–Trinajstić information content (AvgIpc) is 2.70. The fourth-order valence-electron chi connectivity index (χ4n) is 3.09. The maximum Gasteiger partial charge on any atom is 0.261 e. The molecule has 0 bridgehead atoms. The summed E-state index contributed by atoms with van der Waals surface area (Å²) >= 11 is 0. The zero-order valence-corrected chi connectivity index (χ0v) is 18.1. The molecule has 0 spiro atoms. The van der Waals surface area contributed by atoms with Gasteiger partial charge < -0.3 is 15.0 Å². The quantitative estimate of drug-likeness (QED) is 0.696. The highest BCUT2D eigenvalue weighted by atomic mass is 16.5. The third-order valence-electron chi connectivity index (χ3n) is 4.86. The van der Waals surface area contributed by atoms with Crippen LogP contribution in [0.4, 0.5) is 0 Å². The second-order valence-electron chi connectivity index (χ2n) is 7.59. The Morgan fingerprint density at radius 2 is 1.76 bits per heavy atom. The monoisotopic (exact) mass is 396 g/mol. The molecule has 0 saturated carbocycles. The lowest BCUT2D eigenvalue weighted by molar-refractivity contribution is -0.142. The molecule has 5 nitrogen and oxygen atoms in total. The number of likely N-dealkylation sites (N-methyl/N-ethyl adjacent to an activating group) is 1. The van der Waals surface area contributed by atoms with Crippen LogP contribution in [0, 0.1) is 6.92 Å². The minimum Gasteiger partial charge on any atom is -0.484 e. The highest BCUT2D eigenvalue weighted by Gasteiger charge is 2.26. The van der Waals surface area contributed by atoms with Crippen LogP contribution >= 0.6 is 0 Å². The SMILES string of the molecule is CCNC(=O)[C@H](C)N(Cc1cccc(C)c1)C(=O)COc1ccc(C(C)C)cc1. The van der Waals surface area contributed by atoms with E-state index in [0.29, 0.717) is 24.8 Å². The number of hydrogen-bond donors (Lipinski definition) is 1. The van der Waals surface area contributed by atoms with Crippen molar-refractivity contribution < 1.29 is 14.3 Å². The summed E-state index contributed by atoms with van der Waals surface area (Å²) in [7, 11) is 0. The Balaban J connectivity index is 2.11. The van der Waals surface area contributed by atoms with Gasteiger partial charge in [-0.1, -0.05) is 55.8 Å². The van der Waals surface area contributed by atoms with Crippen LogP contribution in [0.5, 0.6) is 5.75 Å². The maximum absolute atomic E-state index is 13.0. The smallest absolute Gasteiger partial charge is 0.261 e. The van der Waals surface area contributed by atoms with E-state index in [4.69, 9.17) is 4.74 Å². The molecule has 1 N–H and O–H groups in total. The van der Waals surface area contributed by atoms with Gasteiger partial charge in [0, 0.05) is 13.1 Å². The number of nitrogens with zero attached hydrogens (tertiary/aromatic N) is 1. The Morgan fingerprint density at radius 1 is 1.07 bits per heavy atom.